The van der Waals surface area contributed by atoms with Crippen molar-refractivity contribution in [2.45, 2.75) is 45.7 Å². The first-order valence-electron chi connectivity index (χ1n) is 8.23. The highest BCUT2D eigenvalue weighted by Gasteiger charge is 2.29. The van der Waals surface area contributed by atoms with Gasteiger partial charge in [-0.3, -0.25) is 15.4 Å². The zero-order valence-corrected chi connectivity index (χ0v) is 14.3. The second kappa shape index (κ2) is 7.87. The Morgan fingerprint density at radius 2 is 2.17 bits per heavy atom. The fourth-order valence-electron chi connectivity index (χ4n) is 2.65. The summed E-state index contributed by atoms with van der Waals surface area (Å²) in [5.74, 6) is 0.638. The van der Waals surface area contributed by atoms with Gasteiger partial charge in [0.2, 0.25) is 11.8 Å². The van der Waals surface area contributed by atoms with Gasteiger partial charge in [-0.15, -0.1) is 0 Å². The minimum absolute atomic E-state index is 0.0841. The van der Waals surface area contributed by atoms with Crippen LogP contribution >= 0.6 is 0 Å². The Kier molecular flexibility index (Phi) is 5.86. The molecular formula is C16H24N6O2. The van der Waals surface area contributed by atoms with Crippen molar-refractivity contribution in [1.82, 2.24) is 15.6 Å². The Morgan fingerprint density at radius 1 is 1.38 bits per heavy atom. The largest absolute Gasteiger partial charge is 0.330 e. The van der Waals surface area contributed by atoms with Crippen LogP contribution in [0.15, 0.2) is 35.1 Å². The molecule has 0 aromatic carbocycles. The SMILES string of the molecule is CCCC1=CC(CC)(NCC)N=C(Nc2ncccc2[N+](=O)[O-])N1. The van der Waals surface area contributed by atoms with Gasteiger partial charge in [0.15, 0.2) is 0 Å². The van der Waals surface area contributed by atoms with Crippen LogP contribution in [0, 0.1) is 10.1 Å². The molecule has 0 spiro atoms. The molecule has 24 heavy (non-hydrogen) atoms. The molecule has 1 aromatic heterocycles. The molecule has 0 fully saturated rings. The van der Waals surface area contributed by atoms with E-state index in [0.717, 1.165) is 31.5 Å². The summed E-state index contributed by atoms with van der Waals surface area (Å²) in [6.07, 6.45) is 6.24. The predicted molar refractivity (Wildman–Crippen MR) is 94.8 cm³/mol. The molecule has 1 atom stereocenters. The minimum Gasteiger partial charge on any atom is -0.330 e. The second-order valence-electron chi connectivity index (χ2n) is 5.57. The van der Waals surface area contributed by atoms with Gasteiger partial charge >= 0.3 is 5.69 Å². The van der Waals surface area contributed by atoms with Crippen LogP contribution in [-0.4, -0.2) is 28.1 Å². The number of anilines is 1. The van der Waals surface area contributed by atoms with Crippen LogP contribution in [-0.2, 0) is 0 Å². The molecule has 0 saturated carbocycles. The normalized spacial score (nSPS) is 20.0. The smallest absolute Gasteiger partial charge is 0.311 e. The minimum atomic E-state index is -0.517. The lowest BCUT2D eigenvalue weighted by molar-refractivity contribution is -0.384. The Labute approximate surface area is 141 Å². The summed E-state index contributed by atoms with van der Waals surface area (Å²) in [7, 11) is 0. The van der Waals surface area contributed by atoms with Gasteiger partial charge in [-0.25, -0.2) is 9.98 Å². The van der Waals surface area contributed by atoms with Gasteiger partial charge in [-0.05, 0) is 31.5 Å². The number of pyridine rings is 1. The molecule has 8 heteroatoms. The first-order valence-corrected chi connectivity index (χ1v) is 8.23. The van der Waals surface area contributed by atoms with Crippen molar-refractivity contribution < 1.29 is 4.92 Å². The van der Waals surface area contributed by atoms with E-state index in [2.05, 4.69) is 40.9 Å². The Hall–Kier alpha value is -2.48. The summed E-state index contributed by atoms with van der Waals surface area (Å²) in [5.41, 5.74) is 0.437. The number of nitrogens with zero attached hydrogens (tertiary/aromatic N) is 3. The van der Waals surface area contributed by atoms with Gasteiger partial charge in [0.05, 0.1) is 4.92 Å². The quantitative estimate of drug-likeness (QED) is 0.524. The number of nitrogens with one attached hydrogen (secondary N) is 3. The number of aromatic nitrogens is 1. The zero-order valence-electron chi connectivity index (χ0n) is 14.3. The van der Waals surface area contributed by atoms with Crippen molar-refractivity contribution >= 4 is 17.5 Å². The van der Waals surface area contributed by atoms with Crippen LogP contribution < -0.4 is 16.0 Å². The van der Waals surface area contributed by atoms with Gasteiger partial charge in [0, 0.05) is 18.0 Å². The van der Waals surface area contributed by atoms with Crippen molar-refractivity contribution in [3.63, 3.8) is 0 Å². The summed E-state index contributed by atoms with van der Waals surface area (Å²) in [5, 5.41) is 20.7. The monoisotopic (exact) mass is 332 g/mol. The summed E-state index contributed by atoms with van der Waals surface area (Å²) in [4.78, 5) is 19.5. The number of hydrogen-bond donors (Lipinski definition) is 3. The van der Waals surface area contributed by atoms with Crippen LogP contribution in [0.4, 0.5) is 11.5 Å². The van der Waals surface area contributed by atoms with E-state index in [1.165, 1.54) is 18.3 Å². The van der Waals surface area contributed by atoms with Crippen molar-refractivity contribution in [3.8, 4) is 0 Å². The summed E-state index contributed by atoms with van der Waals surface area (Å²) < 4.78 is 0. The number of allylic oxidation sites excluding steroid dienone is 1. The fourth-order valence-corrected chi connectivity index (χ4v) is 2.65. The van der Waals surface area contributed by atoms with Gasteiger partial charge in [-0.1, -0.05) is 27.2 Å². The van der Waals surface area contributed by atoms with Crippen molar-refractivity contribution in [2.24, 2.45) is 4.99 Å². The highest BCUT2D eigenvalue weighted by Crippen LogP contribution is 2.24. The van der Waals surface area contributed by atoms with Crippen LogP contribution in [0.1, 0.15) is 40.0 Å². The molecule has 2 heterocycles. The van der Waals surface area contributed by atoms with E-state index in [1.807, 2.05) is 6.92 Å². The zero-order chi connectivity index (χ0) is 17.6. The first kappa shape index (κ1) is 17.9. The summed E-state index contributed by atoms with van der Waals surface area (Å²) >= 11 is 0. The Balaban J connectivity index is 2.33. The first-order chi connectivity index (χ1) is 11.5. The standard InChI is InChI=1S/C16H24N6O2/c1-4-8-12-11-16(5-2,18-6-3)21-15(19-12)20-14-13(22(23)24)9-7-10-17-14/h7,9-11,18H,4-6,8H2,1-3H3,(H2,17,19,20,21). The van der Waals surface area contributed by atoms with E-state index in [-0.39, 0.29) is 11.5 Å². The average molecular weight is 332 g/mol. The van der Waals surface area contributed by atoms with E-state index < -0.39 is 10.6 Å². The lowest BCUT2D eigenvalue weighted by Crippen LogP contribution is -2.49. The predicted octanol–water partition coefficient (Wildman–Crippen LogP) is 2.76. The van der Waals surface area contributed by atoms with Crippen molar-refractivity contribution in [3.05, 3.63) is 40.2 Å². The maximum atomic E-state index is 11.2. The molecule has 8 nitrogen and oxygen atoms in total. The van der Waals surface area contributed by atoms with Crippen molar-refractivity contribution in [1.29, 1.82) is 0 Å². The molecule has 130 valence electrons. The lowest BCUT2D eigenvalue weighted by Gasteiger charge is -2.33. The maximum absolute atomic E-state index is 11.2. The number of rotatable bonds is 7. The number of guanidine groups is 1. The third-order valence-electron chi connectivity index (χ3n) is 3.76. The molecule has 2 rings (SSSR count). The van der Waals surface area contributed by atoms with Crippen LogP contribution in [0.2, 0.25) is 0 Å². The molecule has 0 aliphatic carbocycles. The molecular weight excluding hydrogens is 308 g/mol. The van der Waals surface area contributed by atoms with Crippen LogP contribution in [0.5, 0.6) is 0 Å². The van der Waals surface area contributed by atoms with E-state index in [0.29, 0.717) is 5.96 Å². The molecule has 0 amide bonds. The Morgan fingerprint density at radius 3 is 2.79 bits per heavy atom. The molecule has 0 radical (unpaired) electrons. The van der Waals surface area contributed by atoms with Gasteiger partial charge in [0.1, 0.15) is 5.66 Å². The van der Waals surface area contributed by atoms with E-state index >= 15 is 0 Å². The summed E-state index contributed by atoms with van der Waals surface area (Å²) in [6.45, 7) is 6.95. The third-order valence-corrected chi connectivity index (χ3v) is 3.76. The topological polar surface area (TPSA) is 104 Å². The van der Waals surface area contributed by atoms with Gasteiger partial charge in [-0.2, -0.15) is 0 Å². The molecule has 1 aromatic rings. The third kappa shape index (κ3) is 4.08. The molecule has 3 N–H and O–H groups in total. The van der Waals surface area contributed by atoms with Crippen LogP contribution in [0.3, 0.4) is 0 Å². The lowest BCUT2D eigenvalue weighted by atomic mass is 10.0. The van der Waals surface area contributed by atoms with E-state index in [1.54, 1.807) is 0 Å². The highest BCUT2D eigenvalue weighted by atomic mass is 16.6. The van der Waals surface area contributed by atoms with Gasteiger partial charge < -0.3 is 10.6 Å². The number of nitro groups is 1. The summed E-state index contributed by atoms with van der Waals surface area (Å²) in [6, 6.07) is 2.95. The molecule has 0 bridgehead atoms. The average Bonchev–Trinajstić information content (AvgIpc) is 2.55. The van der Waals surface area contributed by atoms with Gasteiger partial charge in [0.25, 0.3) is 0 Å². The number of likely N-dealkylation sites (N-methyl/N-ethyl adjacent to an activating group) is 1. The molecule has 0 saturated heterocycles. The molecule has 1 aliphatic heterocycles. The molecule has 1 aliphatic rings. The fraction of sp³-hybridized carbons (Fsp3) is 0.500. The number of hydrogen-bond acceptors (Lipinski definition) is 7. The molecule has 1 unspecified atom stereocenters. The highest BCUT2D eigenvalue weighted by molar-refractivity contribution is 5.96. The van der Waals surface area contributed by atoms with E-state index in [4.69, 9.17) is 4.99 Å². The second-order valence-corrected chi connectivity index (χ2v) is 5.57. The van der Waals surface area contributed by atoms with E-state index in [9.17, 15) is 10.1 Å². The van der Waals surface area contributed by atoms with Crippen LogP contribution in [0.25, 0.3) is 0 Å². The van der Waals surface area contributed by atoms with Crippen molar-refractivity contribution in [2.75, 3.05) is 11.9 Å². The maximum Gasteiger partial charge on any atom is 0.311 e. The number of aliphatic imine (C=N–C) groups is 1. The Bertz CT molecular complexity index is 658.